The number of hydrogen-bond donors (Lipinski definition) is 0. The quantitative estimate of drug-likeness (QED) is 0.782. The summed E-state index contributed by atoms with van der Waals surface area (Å²) in [5.74, 6) is 0.0963. The molecule has 0 fully saturated rings. The predicted octanol–water partition coefficient (Wildman–Crippen LogP) is 1.80. The molecule has 0 radical (unpaired) electrons. The summed E-state index contributed by atoms with van der Waals surface area (Å²) in [4.78, 5) is 11.6. The first-order valence-corrected chi connectivity index (χ1v) is 6.17. The lowest BCUT2D eigenvalue weighted by Crippen LogP contribution is -2.10. The second-order valence-corrected chi connectivity index (χ2v) is 4.28. The average molecular weight is 315 g/mol. The molecular formula is C10H11BrN4O3. The number of nitrogens with zero attached hydrogens (tertiary/aromatic N) is 4. The Morgan fingerprint density at radius 3 is 3.06 bits per heavy atom. The molecule has 0 aliphatic carbocycles. The number of carbonyl (C=O) groups excluding carboxylic acids is 1. The molecule has 0 atom stereocenters. The molecule has 8 heteroatoms. The van der Waals surface area contributed by atoms with Crippen molar-refractivity contribution in [3.8, 4) is 0 Å². The maximum absolute atomic E-state index is 11.6. The lowest BCUT2D eigenvalue weighted by atomic mass is 10.4. The van der Waals surface area contributed by atoms with Gasteiger partial charge in [-0.05, 0) is 44.9 Å². The molecule has 0 N–H and O–H groups in total. The van der Waals surface area contributed by atoms with E-state index in [1.54, 1.807) is 10.7 Å². The van der Waals surface area contributed by atoms with Crippen LogP contribution >= 0.6 is 15.9 Å². The number of aromatic nitrogens is 4. The monoisotopic (exact) mass is 314 g/mol. The Morgan fingerprint density at radius 2 is 2.39 bits per heavy atom. The fourth-order valence-electron chi connectivity index (χ4n) is 1.34. The van der Waals surface area contributed by atoms with Crippen molar-refractivity contribution in [1.82, 2.24) is 20.2 Å². The zero-order valence-electron chi connectivity index (χ0n) is 9.67. The van der Waals surface area contributed by atoms with Gasteiger partial charge in [0.05, 0.1) is 0 Å². The van der Waals surface area contributed by atoms with Crippen LogP contribution in [0.15, 0.2) is 21.2 Å². The topological polar surface area (TPSA) is 83.0 Å². The summed E-state index contributed by atoms with van der Waals surface area (Å²) in [7, 11) is 0. The Morgan fingerprint density at radius 1 is 1.56 bits per heavy atom. The van der Waals surface area contributed by atoms with E-state index < -0.39 is 5.97 Å². The fourth-order valence-corrected chi connectivity index (χ4v) is 1.64. The van der Waals surface area contributed by atoms with Crippen molar-refractivity contribution in [2.45, 2.75) is 26.5 Å². The van der Waals surface area contributed by atoms with Crippen LogP contribution in [0, 0.1) is 0 Å². The van der Waals surface area contributed by atoms with Crippen LogP contribution in [0.25, 0.3) is 0 Å². The zero-order chi connectivity index (χ0) is 13.0. The summed E-state index contributed by atoms with van der Waals surface area (Å²) in [6.45, 7) is 2.72. The van der Waals surface area contributed by atoms with Crippen molar-refractivity contribution in [3.63, 3.8) is 0 Å². The number of halogens is 1. The van der Waals surface area contributed by atoms with Gasteiger partial charge in [0.1, 0.15) is 0 Å². The fraction of sp³-hybridized carbons (Fsp3) is 0.400. The minimum atomic E-state index is -0.549. The maximum Gasteiger partial charge on any atom is 0.374 e. The third-order valence-corrected chi connectivity index (χ3v) is 2.57. The maximum atomic E-state index is 11.6. The van der Waals surface area contributed by atoms with Crippen LogP contribution in [-0.2, 0) is 17.9 Å². The van der Waals surface area contributed by atoms with Crippen LogP contribution in [0.3, 0.4) is 0 Å². The number of tetrazole rings is 1. The number of hydrogen-bond acceptors (Lipinski definition) is 6. The molecular weight excluding hydrogens is 304 g/mol. The van der Waals surface area contributed by atoms with E-state index in [0.29, 0.717) is 17.0 Å². The minimum Gasteiger partial charge on any atom is -0.452 e. The Bertz CT molecular complexity index is 537. The van der Waals surface area contributed by atoms with E-state index in [9.17, 15) is 4.79 Å². The summed E-state index contributed by atoms with van der Waals surface area (Å²) in [6, 6.07) is 3.15. The van der Waals surface area contributed by atoms with Gasteiger partial charge in [-0.1, -0.05) is 6.92 Å². The van der Waals surface area contributed by atoms with Gasteiger partial charge < -0.3 is 9.15 Å². The molecule has 0 saturated heterocycles. The van der Waals surface area contributed by atoms with Gasteiger partial charge in [0.2, 0.25) is 5.76 Å². The van der Waals surface area contributed by atoms with Gasteiger partial charge in [-0.15, -0.1) is 5.10 Å². The Labute approximate surface area is 111 Å². The molecule has 0 amide bonds. The molecule has 0 aromatic carbocycles. The molecule has 7 nitrogen and oxygen atoms in total. The van der Waals surface area contributed by atoms with Crippen LogP contribution in [0.2, 0.25) is 0 Å². The molecule has 2 rings (SSSR count). The second kappa shape index (κ2) is 5.76. The highest BCUT2D eigenvalue weighted by Crippen LogP contribution is 2.15. The van der Waals surface area contributed by atoms with Crippen molar-refractivity contribution < 1.29 is 13.9 Å². The van der Waals surface area contributed by atoms with E-state index in [2.05, 4.69) is 31.5 Å². The molecule has 2 aromatic rings. The summed E-state index contributed by atoms with van der Waals surface area (Å²) >= 11 is 3.11. The molecule has 0 aliphatic rings. The van der Waals surface area contributed by atoms with Crippen LogP contribution in [-0.4, -0.2) is 26.2 Å². The van der Waals surface area contributed by atoms with Crippen molar-refractivity contribution in [1.29, 1.82) is 0 Å². The summed E-state index contributed by atoms with van der Waals surface area (Å²) < 4.78 is 12.2. The SMILES string of the molecule is CCCn1nnnc1COC(=O)c1ccc(Br)o1. The molecule has 0 spiro atoms. The lowest BCUT2D eigenvalue weighted by Gasteiger charge is -2.03. The van der Waals surface area contributed by atoms with Gasteiger partial charge >= 0.3 is 5.97 Å². The number of rotatable bonds is 5. The summed E-state index contributed by atoms with van der Waals surface area (Å²) in [5.41, 5.74) is 0. The highest BCUT2D eigenvalue weighted by molar-refractivity contribution is 9.10. The van der Waals surface area contributed by atoms with E-state index >= 15 is 0 Å². The summed E-state index contributed by atoms with van der Waals surface area (Å²) in [6.07, 6.45) is 0.900. The first-order valence-electron chi connectivity index (χ1n) is 5.38. The van der Waals surface area contributed by atoms with Gasteiger partial charge in [0.25, 0.3) is 0 Å². The average Bonchev–Trinajstić information content (AvgIpc) is 2.96. The van der Waals surface area contributed by atoms with Crippen molar-refractivity contribution in [3.05, 3.63) is 28.4 Å². The van der Waals surface area contributed by atoms with Crippen LogP contribution < -0.4 is 0 Å². The minimum absolute atomic E-state index is 0.0180. The van der Waals surface area contributed by atoms with Gasteiger partial charge in [-0.25, -0.2) is 9.48 Å². The van der Waals surface area contributed by atoms with E-state index in [1.165, 1.54) is 6.07 Å². The molecule has 2 aromatic heterocycles. The molecule has 18 heavy (non-hydrogen) atoms. The van der Waals surface area contributed by atoms with Crippen molar-refractivity contribution in [2.75, 3.05) is 0 Å². The van der Waals surface area contributed by atoms with Crippen molar-refractivity contribution >= 4 is 21.9 Å². The highest BCUT2D eigenvalue weighted by Gasteiger charge is 2.14. The number of ether oxygens (including phenoxy) is 1. The lowest BCUT2D eigenvalue weighted by molar-refractivity contribution is 0.0418. The van der Waals surface area contributed by atoms with Crippen molar-refractivity contribution in [2.24, 2.45) is 0 Å². The third kappa shape index (κ3) is 2.95. The van der Waals surface area contributed by atoms with Gasteiger partial charge in [0.15, 0.2) is 17.1 Å². The molecule has 0 bridgehead atoms. The number of aryl methyl sites for hydroxylation is 1. The molecule has 96 valence electrons. The standard InChI is InChI=1S/C10H11BrN4O3/c1-2-5-15-9(12-13-14-15)6-17-10(16)7-3-4-8(11)18-7/h3-4H,2,5-6H2,1H3. The normalized spacial score (nSPS) is 10.6. The number of esters is 1. The highest BCUT2D eigenvalue weighted by atomic mass is 79.9. The predicted molar refractivity (Wildman–Crippen MR) is 63.6 cm³/mol. The first-order chi connectivity index (χ1) is 8.70. The van der Waals surface area contributed by atoms with Gasteiger partial charge in [0, 0.05) is 6.54 Å². The van der Waals surface area contributed by atoms with E-state index in [-0.39, 0.29) is 12.4 Å². The van der Waals surface area contributed by atoms with Gasteiger partial charge in [-0.2, -0.15) is 0 Å². The number of furan rings is 1. The van der Waals surface area contributed by atoms with Crippen LogP contribution in [0.4, 0.5) is 0 Å². The van der Waals surface area contributed by atoms with Gasteiger partial charge in [-0.3, -0.25) is 0 Å². The van der Waals surface area contributed by atoms with Crippen LogP contribution in [0.1, 0.15) is 29.7 Å². The zero-order valence-corrected chi connectivity index (χ0v) is 11.3. The third-order valence-electron chi connectivity index (χ3n) is 2.15. The van der Waals surface area contributed by atoms with E-state index in [0.717, 1.165) is 6.42 Å². The van der Waals surface area contributed by atoms with Crippen LogP contribution in [0.5, 0.6) is 0 Å². The molecule has 0 aliphatic heterocycles. The second-order valence-electron chi connectivity index (χ2n) is 3.50. The molecule has 2 heterocycles. The number of carbonyl (C=O) groups is 1. The molecule has 0 saturated carbocycles. The van der Waals surface area contributed by atoms with E-state index in [4.69, 9.17) is 9.15 Å². The first kappa shape index (κ1) is 12.7. The summed E-state index contributed by atoms with van der Waals surface area (Å²) in [5, 5.41) is 11.1. The Hall–Kier alpha value is -1.70. The largest absolute Gasteiger partial charge is 0.452 e. The molecule has 0 unspecified atom stereocenters. The Kier molecular flexibility index (Phi) is 4.08. The van der Waals surface area contributed by atoms with E-state index in [1.807, 2.05) is 6.92 Å². The smallest absolute Gasteiger partial charge is 0.374 e. The Balaban J connectivity index is 1.95.